The minimum atomic E-state index is -0.697. The van der Waals surface area contributed by atoms with Crippen molar-refractivity contribution in [1.29, 1.82) is 0 Å². The van der Waals surface area contributed by atoms with Crippen LogP contribution < -0.4 is 11.1 Å². The van der Waals surface area contributed by atoms with Gasteiger partial charge in [0.2, 0.25) is 11.8 Å². The first kappa shape index (κ1) is 21.5. The van der Waals surface area contributed by atoms with Crippen molar-refractivity contribution in [1.82, 2.24) is 5.32 Å². The van der Waals surface area contributed by atoms with E-state index in [2.05, 4.69) is 21.2 Å². The molecule has 3 rings (SSSR count). The summed E-state index contributed by atoms with van der Waals surface area (Å²) in [5, 5.41) is 2.94. The highest BCUT2D eigenvalue weighted by Gasteiger charge is 2.41. The van der Waals surface area contributed by atoms with E-state index < -0.39 is 17.2 Å². The number of ether oxygens (including phenoxy) is 1. The average molecular weight is 463 g/mol. The van der Waals surface area contributed by atoms with Gasteiger partial charge in [-0.25, -0.2) is 4.39 Å². The van der Waals surface area contributed by atoms with E-state index in [0.29, 0.717) is 32.5 Å². The third-order valence-corrected chi connectivity index (χ3v) is 6.01. The lowest BCUT2D eigenvalue weighted by molar-refractivity contribution is -0.131. The van der Waals surface area contributed by atoms with Gasteiger partial charge < -0.3 is 15.8 Å². The predicted octanol–water partition coefficient (Wildman–Crippen LogP) is 3.10. The van der Waals surface area contributed by atoms with Crippen LogP contribution in [0.15, 0.2) is 53.0 Å². The number of primary amides is 1. The Balaban J connectivity index is 1.73. The average Bonchev–Trinajstić information content (AvgIpc) is 2.73. The molecule has 7 heteroatoms. The van der Waals surface area contributed by atoms with Gasteiger partial charge in [-0.1, -0.05) is 40.2 Å². The Hall–Kier alpha value is -2.25. The Labute approximate surface area is 177 Å². The molecule has 0 bridgehead atoms. The monoisotopic (exact) mass is 462 g/mol. The number of amides is 2. The van der Waals surface area contributed by atoms with Crippen LogP contribution in [0.3, 0.4) is 0 Å². The molecular weight excluding hydrogens is 439 g/mol. The Morgan fingerprint density at radius 1 is 1.10 bits per heavy atom. The molecule has 5 nitrogen and oxygen atoms in total. The first-order valence-electron chi connectivity index (χ1n) is 9.56. The van der Waals surface area contributed by atoms with Crippen molar-refractivity contribution in [2.24, 2.45) is 11.7 Å². The maximum Gasteiger partial charge on any atom is 0.230 e. The highest BCUT2D eigenvalue weighted by molar-refractivity contribution is 9.10. The number of halogens is 2. The molecular formula is C22H24BrFN2O3. The molecule has 0 saturated carbocycles. The maximum atomic E-state index is 13.2. The number of carbonyl (C=O) groups excluding carboxylic acids is 2. The van der Waals surface area contributed by atoms with Crippen molar-refractivity contribution in [3.05, 3.63) is 69.9 Å². The summed E-state index contributed by atoms with van der Waals surface area (Å²) in [5.74, 6) is -1.55. The molecule has 0 aliphatic carbocycles. The number of nitrogens with two attached hydrogens (primary N) is 1. The van der Waals surface area contributed by atoms with Crippen LogP contribution in [0, 0.1) is 11.7 Å². The van der Waals surface area contributed by atoms with Crippen LogP contribution in [0.25, 0.3) is 0 Å². The van der Waals surface area contributed by atoms with Gasteiger partial charge in [-0.05, 0) is 54.7 Å². The summed E-state index contributed by atoms with van der Waals surface area (Å²) in [5.41, 5.74) is 6.57. The number of carbonyl (C=O) groups is 2. The lowest BCUT2D eigenvalue weighted by Crippen LogP contribution is -2.50. The van der Waals surface area contributed by atoms with Crippen molar-refractivity contribution in [3.8, 4) is 0 Å². The standard InChI is InChI=1S/C22H24BrFN2O3/c23-18-5-3-17(4-6-18)22(9-11-29-12-10-22)21(28)26-14-16(20(25)27)13-15-1-7-19(24)8-2-15/h1-8,16H,9-14H2,(H2,25,27)(H,26,28). The van der Waals surface area contributed by atoms with Gasteiger partial charge in [0.1, 0.15) is 5.82 Å². The van der Waals surface area contributed by atoms with Crippen LogP contribution in [-0.4, -0.2) is 31.6 Å². The molecule has 0 radical (unpaired) electrons. The Morgan fingerprint density at radius 3 is 2.31 bits per heavy atom. The minimum Gasteiger partial charge on any atom is -0.381 e. The normalized spacial score (nSPS) is 16.8. The highest BCUT2D eigenvalue weighted by Crippen LogP contribution is 2.35. The maximum absolute atomic E-state index is 13.2. The molecule has 1 unspecified atom stereocenters. The summed E-state index contributed by atoms with van der Waals surface area (Å²) < 4.78 is 19.5. The summed E-state index contributed by atoms with van der Waals surface area (Å²) in [4.78, 5) is 25.2. The van der Waals surface area contributed by atoms with Gasteiger partial charge in [-0.2, -0.15) is 0 Å². The number of hydrogen-bond donors (Lipinski definition) is 2. The largest absolute Gasteiger partial charge is 0.381 e. The SMILES string of the molecule is NC(=O)C(CNC(=O)C1(c2ccc(Br)cc2)CCOCC1)Cc1ccc(F)cc1. The van der Waals surface area contributed by atoms with Crippen LogP contribution in [-0.2, 0) is 26.2 Å². The smallest absolute Gasteiger partial charge is 0.230 e. The number of nitrogens with one attached hydrogen (secondary N) is 1. The van der Waals surface area contributed by atoms with E-state index in [4.69, 9.17) is 10.5 Å². The summed E-state index contributed by atoms with van der Waals surface area (Å²) in [6.45, 7) is 1.13. The summed E-state index contributed by atoms with van der Waals surface area (Å²) in [7, 11) is 0. The first-order chi connectivity index (χ1) is 13.9. The van der Waals surface area contributed by atoms with Gasteiger partial charge in [0.05, 0.1) is 11.3 Å². The number of rotatable bonds is 7. The first-order valence-corrected chi connectivity index (χ1v) is 10.4. The zero-order valence-electron chi connectivity index (χ0n) is 16.0. The van der Waals surface area contributed by atoms with Crippen LogP contribution >= 0.6 is 15.9 Å². The third kappa shape index (κ3) is 5.22. The van der Waals surface area contributed by atoms with Gasteiger partial charge in [-0.3, -0.25) is 9.59 Å². The highest BCUT2D eigenvalue weighted by atomic mass is 79.9. The quantitative estimate of drug-likeness (QED) is 0.663. The number of benzene rings is 2. The molecule has 3 N–H and O–H groups in total. The lowest BCUT2D eigenvalue weighted by Gasteiger charge is -2.36. The molecule has 2 aromatic rings. The molecule has 1 heterocycles. The molecule has 1 aliphatic heterocycles. The topological polar surface area (TPSA) is 81.4 Å². The second-order valence-electron chi connectivity index (χ2n) is 7.34. The van der Waals surface area contributed by atoms with E-state index in [9.17, 15) is 14.0 Å². The predicted molar refractivity (Wildman–Crippen MR) is 112 cm³/mol. The fourth-order valence-corrected chi connectivity index (χ4v) is 3.96. The van der Waals surface area contributed by atoms with Crippen molar-refractivity contribution in [2.45, 2.75) is 24.7 Å². The summed E-state index contributed by atoms with van der Waals surface area (Å²) in [6, 6.07) is 13.6. The Morgan fingerprint density at radius 2 is 1.72 bits per heavy atom. The molecule has 1 atom stereocenters. The second kappa shape index (κ2) is 9.50. The molecule has 29 heavy (non-hydrogen) atoms. The molecule has 0 spiro atoms. The summed E-state index contributed by atoms with van der Waals surface area (Å²) >= 11 is 3.43. The summed E-state index contributed by atoms with van der Waals surface area (Å²) in [6.07, 6.45) is 1.48. The minimum absolute atomic E-state index is 0.130. The zero-order valence-corrected chi connectivity index (χ0v) is 17.6. The fourth-order valence-electron chi connectivity index (χ4n) is 3.70. The Bertz CT molecular complexity index is 849. The molecule has 154 valence electrons. The molecule has 1 saturated heterocycles. The molecule has 2 amide bonds. The van der Waals surface area contributed by atoms with E-state index in [1.165, 1.54) is 12.1 Å². The van der Waals surface area contributed by atoms with Gasteiger partial charge in [0, 0.05) is 24.2 Å². The van der Waals surface area contributed by atoms with Crippen molar-refractivity contribution >= 4 is 27.7 Å². The van der Waals surface area contributed by atoms with E-state index in [0.717, 1.165) is 15.6 Å². The molecule has 0 aromatic heterocycles. The second-order valence-corrected chi connectivity index (χ2v) is 8.26. The van der Waals surface area contributed by atoms with Gasteiger partial charge >= 0.3 is 0 Å². The van der Waals surface area contributed by atoms with Crippen molar-refractivity contribution < 1.29 is 18.7 Å². The van der Waals surface area contributed by atoms with Crippen LogP contribution in [0.5, 0.6) is 0 Å². The van der Waals surface area contributed by atoms with E-state index in [1.54, 1.807) is 12.1 Å². The van der Waals surface area contributed by atoms with Crippen LogP contribution in [0.4, 0.5) is 4.39 Å². The van der Waals surface area contributed by atoms with Gasteiger partial charge in [0.15, 0.2) is 0 Å². The van der Waals surface area contributed by atoms with Crippen LogP contribution in [0.2, 0.25) is 0 Å². The van der Waals surface area contributed by atoms with Crippen molar-refractivity contribution in [2.75, 3.05) is 19.8 Å². The van der Waals surface area contributed by atoms with E-state index in [-0.39, 0.29) is 18.3 Å². The fraction of sp³-hybridized carbons (Fsp3) is 0.364. The lowest BCUT2D eigenvalue weighted by atomic mass is 9.73. The zero-order chi connectivity index (χ0) is 20.9. The van der Waals surface area contributed by atoms with E-state index >= 15 is 0 Å². The van der Waals surface area contributed by atoms with E-state index in [1.807, 2.05) is 24.3 Å². The van der Waals surface area contributed by atoms with Crippen LogP contribution in [0.1, 0.15) is 24.0 Å². The van der Waals surface area contributed by atoms with Gasteiger partial charge in [0.25, 0.3) is 0 Å². The van der Waals surface area contributed by atoms with Gasteiger partial charge in [-0.15, -0.1) is 0 Å². The molecule has 2 aromatic carbocycles. The number of hydrogen-bond acceptors (Lipinski definition) is 3. The molecule has 1 fully saturated rings. The van der Waals surface area contributed by atoms with Crippen molar-refractivity contribution in [3.63, 3.8) is 0 Å². The Kier molecular flexibility index (Phi) is 7.03. The third-order valence-electron chi connectivity index (χ3n) is 5.48. The molecule has 1 aliphatic rings.